The number of aliphatic hydroxyl groups excluding tert-OH is 1. The van der Waals surface area contributed by atoms with Crippen LogP contribution in [0, 0.1) is 35.5 Å². The highest BCUT2D eigenvalue weighted by Crippen LogP contribution is 2.04. The number of carboxylic acid groups (broad SMARTS) is 17. The van der Waals surface area contributed by atoms with Crippen LogP contribution in [-0.4, -0.2) is 317 Å². The van der Waals surface area contributed by atoms with Crippen LogP contribution in [0.3, 0.4) is 0 Å². The number of aliphatic hydroxyl groups is 1. The summed E-state index contributed by atoms with van der Waals surface area (Å²) in [5.74, 6) is -15.9. The Morgan fingerprint density at radius 1 is 0.250 bits per heavy atom. The molecule has 0 saturated carbocycles. The molecular weight excluding hydrogens is 1640 g/mol. The van der Waals surface area contributed by atoms with E-state index in [0.717, 1.165) is 25.7 Å². The molecule has 0 aliphatic heterocycles. The molecule has 0 aliphatic rings. The maximum Gasteiger partial charge on any atom is 0.322 e. The molecule has 718 valence electrons. The van der Waals surface area contributed by atoms with E-state index in [0.29, 0.717) is 50.6 Å². The van der Waals surface area contributed by atoms with Crippen molar-refractivity contribution in [3.8, 4) is 0 Å². The minimum atomic E-state index is -1.29. The van der Waals surface area contributed by atoms with Crippen LogP contribution in [0.5, 0.6) is 0 Å². The molecule has 0 aromatic carbocycles. The molecule has 0 spiro atoms. The Balaban J connectivity index is -0.0000000689. The van der Waals surface area contributed by atoms with E-state index in [1.54, 1.807) is 55.4 Å². The molecule has 0 rings (SSSR count). The van der Waals surface area contributed by atoms with Gasteiger partial charge < -0.3 is 195 Å². The molecule has 0 aliphatic carbocycles. The van der Waals surface area contributed by atoms with E-state index in [1.165, 1.54) is 13.8 Å². The maximum atomic E-state index is 10.1. The predicted molar refractivity (Wildman–Crippen MR) is 442 cm³/mol. The van der Waals surface area contributed by atoms with Crippen molar-refractivity contribution in [3.05, 3.63) is 0 Å². The maximum absolute atomic E-state index is 10.1. The van der Waals surface area contributed by atoms with Gasteiger partial charge in [0, 0.05) is 5.75 Å². The van der Waals surface area contributed by atoms with Crippen LogP contribution >= 0.6 is 12.6 Å². The Bertz CT molecular complexity index is 2480. The zero-order chi connectivity index (χ0) is 100. The number of nitrogens with two attached hydrogens (primary N) is 18. The highest BCUT2D eigenvalue weighted by Gasteiger charge is 2.19. The van der Waals surface area contributed by atoms with Crippen molar-refractivity contribution in [1.82, 2.24) is 0 Å². The number of carbonyl (C=O) groups is 17. The minimum Gasteiger partial charge on any atom is -0.481 e. The molecule has 0 radical (unpaired) electrons. The Morgan fingerprint density at radius 2 is 0.425 bits per heavy atom. The SMILES string of the molecule is CC(C)C[C@H](N)C(=O)O.CC(C)C[C@H](N)C(=O)O.CC(C)[C@H](N)C(=O)O.CC(C)[C@H](N)C(=O)O.CC(C)[C@H](N)C(=O)O.CC(C)[C@H](N)C(=O)O.C[C@H](N)C(=O)O.C[C@H](N)C(=O)O.NCC(=O)O.NCC(=O)O.NCC(=O)O.NCCCC[C@H](N)C(=O)O.NCCCC[C@H](N)C(=O)O.N[C@@H](CC(=O)O)C(=O)O.N[C@@H](CO)C(=O)O.N[C@@H](CS)C(=O)O. The van der Waals surface area contributed by atoms with Gasteiger partial charge in [-0.25, -0.2) is 0 Å². The second-order valence-corrected chi connectivity index (χ2v) is 26.2. The van der Waals surface area contributed by atoms with E-state index < -0.39 is 193 Å². The third kappa shape index (κ3) is 153. The zero-order valence-corrected chi connectivity index (χ0v) is 71.5. The Kier molecular flexibility index (Phi) is 122. The number of rotatable bonds is 36. The summed E-state index contributed by atoms with van der Waals surface area (Å²) in [6.45, 7) is 24.7. The van der Waals surface area contributed by atoms with Crippen LogP contribution in [0.1, 0.15) is 155 Å². The van der Waals surface area contributed by atoms with E-state index in [1.807, 2.05) is 27.7 Å². The molecule has 13 atom stereocenters. The summed E-state index contributed by atoms with van der Waals surface area (Å²) in [6.07, 6.45) is 4.90. The fourth-order valence-electron chi connectivity index (χ4n) is 4.05. The lowest BCUT2D eigenvalue weighted by atomic mass is 10.1. The van der Waals surface area contributed by atoms with Gasteiger partial charge in [0.15, 0.2) is 0 Å². The molecule has 54 N–H and O–H groups in total. The first-order chi connectivity index (χ1) is 54.1. The second-order valence-electron chi connectivity index (χ2n) is 25.9. The fraction of sp³-hybridized carbons (Fsp3) is 0.742. The fourth-order valence-corrected chi connectivity index (χ4v) is 4.21. The minimum absolute atomic E-state index is 0.0208. The van der Waals surface area contributed by atoms with Gasteiger partial charge in [-0.3, -0.25) is 81.5 Å². The first-order valence-corrected chi connectivity index (χ1v) is 36.2. The Morgan fingerprint density at radius 3 is 0.475 bits per heavy atom. The number of carboxylic acids is 17. The van der Waals surface area contributed by atoms with E-state index in [-0.39, 0.29) is 49.1 Å². The quantitative estimate of drug-likeness (QED) is 0.0205. The van der Waals surface area contributed by atoms with Gasteiger partial charge in [0.05, 0.1) is 32.7 Å². The van der Waals surface area contributed by atoms with Crippen molar-refractivity contribution in [2.75, 3.05) is 45.1 Å². The van der Waals surface area contributed by atoms with E-state index in [4.69, 9.17) is 178 Å². The van der Waals surface area contributed by atoms with Crippen molar-refractivity contribution in [2.45, 2.75) is 233 Å². The summed E-state index contributed by atoms with van der Waals surface area (Å²) in [4.78, 5) is 166. The monoisotopic (exact) mass is 1790 g/mol. The third-order valence-corrected chi connectivity index (χ3v) is 12.1. The van der Waals surface area contributed by atoms with Gasteiger partial charge in [0.2, 0.25) is 0 Å². The molecule has 54 heteroatoms. The van der Waals surface area contributed by atoms with Crippen LogP contribution in [0.15, 0.2) is 0 Å². The molecule has 0 unspecified atom stereocenters. The molecule has 0 saturated heterocycles. The van der Waals surface area contributed by atoms with Crippen molar-refractivity contribution in [2.24, 2.45) is 139 Å². The van der Waals surface area contributed by atoms with Crippen LogP contribution in [0.2, 0.25) is 0 Å². The molecule has 0 heterocycles. The number of hydrogen-bond donors (Lipinski definition) is 37. The summed E-state index contributed by atoms with van der Waals surface area (Å²) in [5.41, 5.74) is 89.8. The highest BCUT2D eigenvalue weighted by molar-refractivity contribution is 7.80. The largest absolute Gasteiger partial charge is 0.481 e. The van der Waals surface area contributed by atoms with Crippen LogP contribution in [0.25, 0.3) is 0 Å². The molecule has 0 aromatic heterocycles. The smallest absolute Gasteiger partial charge is 0.322 e. The first-order valence-electron chi connectivity index (χ1n) is 35.5. The van der Waals surface area contributed by atoms with Gasteiger partial charge in [-0.1, -0.05) is 95.9 Å². The average Bonchev–Trinajstić information content (AvgIpc) is 0.955. The number of thiol groups is 1. The van der Waals surface area contributed by atoms with E-state index in [2.05, 4.69) is 29.8 Å². The highest BCUT2D eigenvalue weighted by atomic mass is 32.1. The third-order valence-electron chi connectivity index (χ3n) is 11.7. The van der Waals surface area contributed by atoms with Crippen molar-refractivity contribution in [3.63, 3.8) is 0 Å². The van der Waals surface area contributed by atoms with Gasteiger partial charge >= 0.3 is 101 Å². The standard InChI is InChI=1S/2C6H14N2O2.2C6H13NO2.4C5H11NO2.C4H7NO4.C3H7NO3.C3H7NO2S.2C3H7NO2.3C2H5NO2/c2*7-4-2-1-3-5(8)6(9)10;2*1-4(2)3-5(7)6(8)9;4*1-3(2)4(6)5(7)8;5-2(4(8)9)1-3(6)7;4-2(1-5)3(6)7;4-2(1-7)3(5)6;2*1-2(4)3(5)6;3*3-1-2(4)5/h2*5H,1-4,7-8H2,(H,9,10);2*4-5H,3,7H2,1-2H3,(H,8,9);4*3-4H,6H2,1-2H3,(H,7,8);2H,1,5H2,(H,6,7)(H,8,9);2,5H,1,4H2,(H,6,7);2,7H,1,4H2,(H,5,6);2*2H,4H2,1H3,(H,5,6);3*1,3H2,(H,4,5)/t4*5-;4*4-;5*2-;;;/m0000000000000.../s1. The van der Waals surface area contributed by atoms with Crippen LogP contribution in [0.4, 0.5) is 0 Å². The summed E-state index contributed by atoms with van der Waals surface area (Å²) in [7, 11) is 0. The van der Waals surface area contributed by atoms with E-state index in [9.17, 15) is 81.5 Å². The summed E-state index contributed by atoms with van der Waals surface area (Å²) < 4.78 is 0. The van der Waals surface area contributed by atoms with Crippen LogP contribution < -0.4 is 103 Å². The molecular formula is C66H148N18O35S. The van der Waals surface area contributed by atoms with Gasteiger partial charge in [0.1, 0.15) is 78.5 Å². The van der Waals surface area contributed by atoms with Gasteiger partial charge in [-0.15, -0.1) is 0 Å². The lowest BCUT2D eigenvalue weighted by molar-refractivity contribution is -0.144. The summed E-state index contributed by atoms with van der Waals surface area (Å²) >= 11 is 3.65. The van der Waals surface area contributed by atoms with Gasteiger partial charge in [-0.05, 0) is 101 Å². The molecule has 53 nitrogen and oxygen atoms in total. The van der Waals surface area contributed by atoms with Crippen molar-refractivity contribution in [1.29, 1.82) is 0 Å². The summed E-state index contributed by atoms with van der Waals surface area (Å²) in [5, 5.41) is 145. The molecule has 120 heavy (non-hydrogen) atoms. The molecule has 0 bridgehead atoms. The van der Waals surface area contributed by atoms with Crippen LogP contribution in [-0.2, 0) is 81.5 Å². The normalized spacial score (nSPS) is 12.8. The van der Waals surface area contributed by atoms with Crippen molar-refractivity contribution >= 4 is 114 Å². The van der Waals surface area contributed by atoms with Gasteiger partial charge in [-0.2, -0.15) is 12.6 Å². The number of unbranched alkanes of at least 4 members (excludes halogenated alkanes) is 2. The Hall–Kier alpha value is -9.42. The summed E-state index contributed by atoms with van der Waals surface area (Å²) in [6, 6.07) is -10.4. The van der Waals surface area contributed by atoms with E-state index >= 15 is 0 Å². The lowest BCUT2D eigenvalue weighted by Crippen LogP contribution is -2.34. The second kappa shape index (κ2) is 98.4. The topological polar surface area (TPSA) is 1120 Å². The Labute approximate surface area is 702 Å². The predicted octanol–water partition coefficient (Wildman–Crippen LogP) is -7.32. The molecule has 0 fully saturated rings. The first kappa shape index (κ1) is 148. The zero-order valence-electron chi connectivity index (χ0n) is 70.6. The number of aliphatic carboxylic acids is 17. The number of hydrogen-bond acceptors (Lipinski definition) is 37. The van der Waals surface area contributed by atoms with Gasteiger partial charge in [0.25, 0.3) is 0 Å². The molecule has 0 amide bonds. The average molecular weight is 1790 g/mol. The van der Waals surface area contributed by atoms with Crippen molar-refractivity contribution < 1.29 is 173 Å². The molecule has 0 aromatic rings. The lowest BCUT2D eigenvalue weighted by Gasteiger charge is -2.07.